The molecule has 31 heavy (non-hydrogen) atoms. The van der Waals surface area contributed by atoms with Crippen molar-refractivity contribution in [2.75, 3.05) is 18.5 Å². The van der Waals surface area contributed by atoms with E-state index >= 15 is 0 Å². The van der Waals surface area contributed by atoms with Gasteiger partial charge in [-0.05, 0) is 67.6 Å². The summed E-state index contributed by atoms with van der Waals surface area (Å²) in [4.78, 5) is 23.7. The van der Waals surface area contributed by atoms with E-state index < -0.39 is 16.0 Å². The number of carbonyl (C=O) groups excluding carboxylic acids is 2. The van der Waals surface area contributed by atoms with Crippen LogP contribution >= 0.6 is 0 Å². The second-order valence-corrected chi connectivity index (χ2v) is 8.61. The van der Waals surface area contributed by atoms with Crippen LogP contribution in [0.15, 0.2) is 77.7 Å². The second kappa shape index (κ2) is 9.01. The van der Waals surface area contributed by atoms with Crippen molar-refractivity contribution in [1.82, 2.24) is 0 Å². The van der Waals surface area contributed by atoms with Crippen LogP contribution < -0.4 is 13.8 Å². The molecule has 3 rings (SSSR count). The van der Waals surface area contributed by atoms with Crippen LogP contribution in [0.3, 0.4) is 0 Å². The number of anilines is 1. The molecule has 0 saturated carbocycles. The second-order valence-electron chi connectivity index (χ2n) is 6.64. The third kappa shape index (κ3) is 4.75. The number of Topliss-reactive ketones (excluding diaryl/α,β-unsaturated/α-hetero) is 1. The molecule has 0 amide bonds. The Labute approximate surface area is 180 Å². The molecule has 0 unspecified atom stereocenters. The predicted molar refractivity (Wildman–Crippen MR) is 116 cm³/mol. The van der Waals surface area contributed by atoms with Gasteiger partial charge in [0.25, 0.3) is 10.0 Å². The molecule has 0 aliphatic rings. The molecule has 160 valence electrons. The molecule has 0 spiro atoms. The number of para-hydroxylation sites is 2. The third-order valence-electron chi connectivity index (χ3n) is 4.64. The lowest BCUT2D eigenvalue weighted by Crippen LogP contribution is -2.27. The van der Waals surface area contributed by atoms with Gasteiger partial charge in [-0.15, -0.1) is 0 Å². The minimum atomic E-state index is -3.87. The van der Waals surface area contributed by atoms with Crippen LogP contribution in [0, 0.1) is 0 Å². The van der Waals surface area contributed by atoms with Crippen LogP contribution in [0.25, 0.3) is 0 Å². The van der Waals surface area contributed by atoms with Gasteiger partial charge in [0.05, 0.1) is 23.3 Å². The van der Waals surface area contributed by atoms with E-state index in [2.05, 4.69) is 0 Å². The SMILES string of the molecule is COc1ccccc1N(C)S(=O)(=O)c1ccc(C(=O)Oc2ccc(C(C)=O)cc2)cc1. The fraction of sp³-hybridized carbons (Fsp3) is 0.130. The molecule has 0 N–H and O–H groups in total. The molecule has 0 saturated heterocycles. The summed E-state index contributed by atoms with van der Waals surface area (Å²) in [5.41, 5.74) is 1.09. The number of ketones is 1. The average molecular weight is 439 g/mol. The number of benzene rings is 3. The van der Waals surface area contributed by atoms with Crippen molar-refractivity contribution in [3.05, 3.63) is 83.9 Å². The molecule has 7 nitrogen and oxygen atoms in total. The number of methoxy groups -OCH3 is 1. The van der Waals surface area contributed by atoms with Crippen molar-refractivity contribution in [1.29, 1.82) is 0 Å². The summed E-state index contributed by atoms with van der Waals surface area (Å²) in [5.74, 6) is -0.0301. The van der Waals surface area contributed by atoms with Gasteiger partial charge in [-0.1, -0.05) is 12.1 Å². The van der Waals surface area contributed by atoms with Crippen molar-refractivity contribution in [2.45, 2.75) is 11.8 Å². The Kier molecular flexibility index (Phi) is 6.41. The van der Waals surface area contributed by atoms with Crippen molar-refractivity contribution < 1.29 is 27.5 Å². The highest BCUT2D eigenvalue weighted by atomic mass is 32.2. The maximum absolute atomic E-state index is 13.0. The molecule has 0 bridgehead atoms. The fourth-order valence-electron chi connectivity index (χ4n) is 2.86. The Morgan fingerprint density at radius 1 is 0.839 bits per heavy atom. The molecular formula is C23H21NO6S. The van der Waals surface area contributed by atoms with E-state index in [1.54, 1.807) is 36.4 Å². The number of esters is 1. The monoisotopic (exact) mass is 439 g/mol. The Bertz CT molecular complexity index is 1200. The maximum Gasteiger partial charge on any atom is 0.343 e. The summed E-state index contributed by atoms with van der Waals surface area (Å²) in [6.45, 7) is 1.45. The van der Waals surface area contributed by atoms with Crippen LogP contribution in [0.5, 0.6) is 11.5 Å². The van der Waals surface area contributed by atoms with E-state index in [0.29, 0.717) is 17.0 Å². The van der Waals surface area contributed by atoms with Gasteiger partial charge >= 0.3 is 5.97 Å². The molecule has 0 aliphatic heterocycles. The molecule has 0 radical (unpaired) electrons. The zero-order valence-corrected chi connectivity index (χ0v) is 18.0. The standard InChI is InChI=1S/C23H21NO6S/c1-16(25)17-8-12-19(13-9-17)30-23(26)18-10-14-20(15-11-18)31(27,28)24(2)21-6-4-5-7-22(21)29-3/h4-15H,1-3H3. The molecule has 3 aromatic rings. The molecule has 0 atom stereocenters. The van der Waals surface area contributed by atoms with Gasteiger partial charge in [0.1, 0.15) is 11.5 Å². The van der Waals surface area contributed by atoms with Crippen molar-refractivity contribution in [3.8, 4) is 11.5 Å². The molecule has 0 heterocycles. The van der Waals surface area contributed by atoms with Crippen LogP contribution in [0.4, 0.5) is 5.69 Å². The number of hydrogen-bond acceptors (Lipinski definition) is 6. The summed E-state index contributed by atoms with van der Waals surface area (Å²) in [6, 6.07) is 18.4. The highest BCUT2D eigenvalue weighted by Gasteiger charge is 2.24. The molecular weight excluding hydrogens is 418 g/mol. The topological polar surface area (TPSA) is 90.0 Å². The zero-order valence-electron chi connectivity index (χ0n) is 17.2. The van der Waals surface area contributed by atoms with Gasteiger partial charge < -0.3 is 9.47 Å². The van der Waals surface area contributed by atoms with E-state index in [9.17, 15) is 18.0 Å². The minimum Gasteiger partial charge on any atom is -0.495 e. The van der Waals surface area contributed by atoms with Gasteiger partial charge in [-0.25, -0.2) is 13.2 Å². The number of sulfonamides is 1. The number of carbonyl (C=O) groups is 2. The fourth-order valence-corrected chi connectivity index (χ4v) is 4.07. The Morgan fingerprint density at radius 3 is 2.00 bits per heavy atom. The van der Waals surface area contributed by atoms with Crippen LogP contribution in [0.2, 0.25) is 0 Å². The molecule has 0 aliphatic carbocycles. The van der Waals surface area contributed by atoms with Crippen LogP contribution in [0.1, 0.15) is 27.6 Å². The normalized spacial score (nSPS) is 10.9. The zero-order chi connectivity index (χ0) is 22.6. The van der Waals surface area contributed by atoms with E-state index in [1.807, 2.05) is 0 Å². The molecule has 0 aromatic heterocycles. The Morgan fingerprint density at radius 2 is 1.42 bits per heavy atom. The third-order valence-corrected chi connectivity index (χ3v) is 6.43. The van der Waals surface area contributed by atoms with E-state index in [-0.39, 0.29) is 22.0 Å². The lowest BCUT2D eigenvalue weighted by atomic mass is 10.1. The maximum atomic E-state index is 13.0. The molecule has 0 fully saturated rings. The first-order chi connectivity index (χ1) is 14.7. The quantitative estimate of drug-likeness (QED) is 0.315. The van der Waals surface area contributed by atoms with Crippen molar-refractivity contribution in [3.63, 3.8) is 0 Å². The first kappa shape index (κ1) is 22.0. The van der Waals surface area contributed by atoms with E-state index in [0.717, 1.165) is 4.31 Å². The van der Waals surface area contributed by atoms with Crippen LogP contribution in [-0.2, 0) is 10.0 Å². The lowest BCUT2D eigenvalue weighted by Gasteiger charge is -2.21. The average Bonchev–Trinajstić information content (AvgIpc) is 2.78. The van der Waals surface area contributed by atoms with Crippen molar-refractivity contribution >= 4 is 27.5 Å². The highest BCUT2D eigenvalue weighted by molar-refractivity contribution is 7.92. The highest BCUT2D eigenvalue weighted by Crippen LogP contribution is 2.31. The van der Waals surface area contributed by atoms with Gasteiger partial charge in [-0.3, -0.25) is 9.10 Å². The number of ether oxygens (including phenoxy) is 2. The minimum absolute atomic E-state index is 0.0169. The lowest BCUT2D eigenvalue weighted by molar-refractivity contribution is 0.0734. The van der Waals surface area contributed by atoms with E-state index in [1.165, 1.54) is 57.5 Å². The van der Waals surface area contributed by atoms with Gasteiger partial charge in [-0.2, -0.15) is 0 Å². The smallest absolute Gasteiger partial charge is 0.343 e. The van der Waals surface area contributed by atoms with Gasteiger partial charge in [0, 0.05) is 12.6 Å². The number of rotatable bonds is 7. The van der Waals surface area contributed by atoms with Gasteiger partial charge in [0.2, 0.25) is 0 Å². The first-order valence-corrected chi connectivity index (χ1v) is 10.7. The molecule has 3 aromatic carbocycles. The summed E-state index contributed by atoms with van der Waals surface area (Å²) in [7, 11) is -0.973. The Balaban J connectivity index is 1.78. The van der Waals surface area contributed by atoms with E-state index in [4.69, 9.17) is 9.47 Å². The number of hydrogen-bond donors (Lipinski definition) is 0. The first-order valence-electron chi connectivity index (χ1n) is 9.29. The Hall–Kier alpha value is -3.65. The summed E-state index contributed by atoms with van der Waals surface area (Å²) < 4.78 is 37.6. The molecule has 8 heteroatoms. The predicted octanol–water partition coefficient (Wildman–Crippen LogP) is 3.94. The largest absolute Gasteiger partial charge is 0.495 e. The summed E-state index contributed by atoms with van der Waals surface area (Å²) in [5, 5.41) is 0. The number of nitrogens with zero attached hydrogens (tertiary/aromatic N) is 1. The summed E-state index contributed by atoms with van der Waals surface area (Å²) in [6.07, 6.45) is 0. The van der Waals surface area contributed by atoms with Crippen molar-refractivity contribution in [2.24, 2.45) is 0 Å². The summed E-state index contributed by atoms with van der Waals surface area (Å²) >= 11 is 0. The van der Waals surface area contributed by atoms with Gasteiger partial charge in [0.15, 0.2) is 5.78 Å². The van der Waals surface area contributed by atoms with Crippen LogP contribution in [-0.4, -0.2) is 34.3 Å².